The van der Waals surface area contributed by atoms with Gasteiger partial charge in [0.1, 0.15) is 0 Å². The number of amides is 1. The Kier molecular flexibility index (Phi) is 4.67. The second-order valence-corrected chi connectivity index (χ2v) is 6.20. The molecule has 0 bridgehead atoms. The lowest BCUT2D eigenvalue weighted by molar-refractivity contribution is 0.0872. The van der Waals surface area contributed by atoms with E-state index in [0.717, 1.165) is 5.69 Å². The summed E-state index contributed by atoms with van der Waals surface area (Å²) in [6.45, 7) is 1.47. The number of hydrogen-bond donors (Lipinski definition) is 0. The average molecular weight is 391 g/mol. The van der Waals surface area contributed by atoms with E-state index < -0.39 is 12.3 Å². The zero-order valence-electron chi connectivity index (χ0n) is 14.7. The van der Waals surface area contributed by atoms with Crippen molar-refractivity contribution in [3.63, 3.8) is 0 Å². The summed E-state index contributed by atoms with van der Waals surface area (Å²) >= 11 is 0. The van der Waals surface area contributed by atoms with Crippen LogP contribution in [0.3, 0.4) is 0 Å². The smallest absolute Gasteiger partial charge is 0.409 e. The first kappa shape index (κ1) is 17.9. The second-order valence-electron chi connectivity index (χ2n) is 6.20. The fourth-order valence-corrected chi connectivity index (χ4v) is 2.77. The van der Waals surface area contributed by atoms with Crippen LogP contribution in [0.5, 0.6) is 0 Å². The number of aromatic nitrogens is 6. The number of carbonyl (C=O) groups is 1. The maximum atomic E-state index is 12.5. The molecule has 146 valence electrons. The van der Waals surface area contributed by atoms with Crippen molar-refractivity contribution in [3.05, 3.63) is 41.8 Å². The SMILES string of the molecule is COC(=O)N1CC(c2cn(Cc3ccc(-c4nnc(C(F)F)o4)cn3)nn2)C1. The van der Waals surface area contributed by atoms with E-state index in [2.05, 4.69) is 30.2 Å². The molecule has 1 amide bonds. The molecule has 0 spiro atoms. The molecule has 0 radical (unpaired) electrons. The summed E-state index contributed by atoms with van der Waals surface area (Å²) in [4.78, 5) is 17.2. The molecule has 1 aliphatic heterocycles. The van der Waals surface area contributed by atoms with Gasteiger partial charge in [0, 0.05) is 31.4 Å². The lowest BCUT2D eigenvalue weighted by Crippen LogP contribution is -2.48. The average Bonchev–Trinajstić information content (AvgIpc) is 3.31. The van der Waals surface area contributed by atoms with Gasteiger partial charge in [-0.2, -0.15) is 8.78 Å². The van der Waals surface area contributed by atoms with Crippen molar-refractivity contribution in [2.24, 2.45) is 0 Å². The van der Waals surface area contributed by atoms with Crippen LogP contribution in [0.15, 0.2) is 28.9 Å². The van der Waals surface area contributed by atoms with Crippen molar-refractivity contribution in [2.75, 3.05) is 20.2 Å². The number of likely N-dealkylation sites (tertiary alicyclic amines) is 1. The third kappa shape index (κ3) is 3.52. The predicted molar refractivity (Wildman–Crippen MR) is 88.3 cm³/mol. The van der Waals surface area contributed by atoms with Gasteiger partial charge >= 0.3 is 12.5 Å². The summed E-state index contributed by atoms with van der Waals surface area (Å²) in [5, 5.41) is 15.1. The quantitative estimate of drug-likeness (QED) is 0.648. The molecule has 0 aliphatic carbocycles. The van der Waals surface area contributed by atoms with Gasteiger partial charge < -0.3 is 14.1 Å². The molecule has 0 aromatic carbocycles. The molecule has 0 unspecified atom stereocenters. The van der Waals surface area contributed by atoms with E-state index in [1.54, 1.807) is 21.7 Å². The Morgan fingerprint density at radius 2 is 2.14 bits per heavy atom. The van der Waals surface area contributed by atoms with Crippen LogP contribution in [-0.2, 0) is 11.3 Å². The molecule has 0 N–H and O–H groups in total. The molecule has 12 heteroatoms. The third-order valence-corrected chi connectivity index (χ3v) is 4.31. The standard InChI is InChI=1S/C16H15F2N7O3/c1-27-16(26)24-5-10(6-24)12-8-25(23-20-12)7-11-3-2-9(4-19-11)14-21-22-15(28-14)13(17)18/h2-4,8,10,13H,5-7H2,1H3. The van der Waals surface area contributed by atoms with Crippen LogP contribution in [0.1, 0.15) is 29.6 Å². The first-order chi connectivity index (χ1) is 13.5. The largest absolute Gasteiger partial charge is 0.453 e. The van der Waals surface area contributed by atoms with Gasteiger partial charge in [0.2, 0.25) is 5.89 Å². The van der Waals surface area contributed by atoms with E-state index >= 15 is 0 Å². The Labute approximate surface area is 157 Å². The zero-order valence-corrected chi connectivity index (χ0v) is 14.7. The minimum atomic E-state index is -2.81. The number of halogens is 2. The molecular formula is C16H15F2N7O3. The van der Waals surface area contributed by atoms with E-state index in [1.807, 2.05) is 6.20 Å². The highest BCUT2D eigenvalue weighted by Crippen LogP contribution is 2.26. The van der Waals surface area contributed by atoms with Crippen LogP contribution in [-0.4, -0.2) is 61.4 Å². The van der Waals surface area contributed by atoms with E-state index in [9.17, 15) is 13.6 Å². The Hall–Kier alpha value is -3.44. The van der Waals surface area contributed by atoms with Crippen LogP contribution >= 0.6 is 0 Å². The number of nitrogens with zero attached hydrogens (tertiary/aromatic N) is 7. The van der Waals surface area contributed by atoms with Gasteiger partial charge in [0.05, 0.1) is 30.6 Å². The number of carbonyl (C=O) groups excluding carboxylic acids is 1. The van der Waals surface area contributed by atoms with Crippen molar-refractivity contribution >= 4 is 6.09 Å². The third-order valence-electron chi connectivity index (χ3n) is 4.31. The van der Waals surface area contributed by atoms with Gasteiger partial charge in [0.25, 0.3) is 5.89 Å². The highest BCUT2D eigenvalue weighted by molar-refractivity contribution is 5.68. The number of methoxy groups -OCH3 is 1. The Balaban J connectivity index is 1.37. The summed E-state index contributed by atoms with van der Waals surface area (Å²) in [7, 11) is 1.35. The van der Waals surface area contributed by atoms with Crippen molar-refractivity contribution in [1.29, 1.82) is 0 Å². The van der Waals surface area contributed by atoms with Crippen molar-refractivity contribution in [2.45, 2.75) is 18.9 Å². The molecule has 3 aromatic heterocycles. The fraction of sp³-hybridized carbons (Fsp3) is 0.375. The molecule has 4 rings (SSSR count). The van der Waals surface area contributed by atoms with Crippen LogP contribution in [0.4, 0.5) is 13.6 Å². The minimum absolute atomic E-state index is 0.0162. The minimum Gasteiger partial charge on any atom is -0.453 e. The summed E-state index contributed by atoms with van der Waals surface area (Å²) in [6.07, 6.45) is 0.109. The molecule has 3 aromatic rings. The zero-order chi connectivity index (χ0) is 19.7. The lowest BCUT2D eigenvalue weighted by Gasteiger charge is -2.36. The molecule has 1 fully saturated rings. The molecule has 28 heavy (non-hydrogen) atoms. The highest BCUT2D eigenvalue weighted by atomic mass is 19.3. The first-order valence-corrected chi connectivity index (χ1v) is 8.33. The van der Waals surface area contributed by atoms with Gasteiger partial charge in [0.15, 0.2) is 0 Å². The summed E-state index contributed by atoms with van der Waals surface area (Å²) in [5.41, 5.74) is 1.93. The monoisotopic (exact) mass is 391 g/mol. The predicted octanol–water partition coefficient (Wildman–Crippen LogP) is 1.87. The summed E-state index contributed by atoms with van der Waals surface area (Å²) < 4.78 is 36.2. The van der Waals surface area contributed by atoms with Gasteiger partial charge in [-0.25, -0.2) is 9.48 Å². The van der Waals surface area contributed by atoms with E-state index in [1.165, 1.54) is 13.3 Å². The molecule has 4 heterocycles. The topological polar surface area (TPSA) is 112 Å². The molecule has 1 saturated heterocycles. The fourth-order valence-electron chi connectivity index (χ4n) is 2.77. The van der Waals surface area contributed by atoms with E-state index in [0.29, 0.717) is 30.9 Å². The molecule has 10 nitrogen and oxygen atoms in total. The number of pyridine rings is 1. The second kappa shape index (κ2) is 7.29. The van der Waals surface area contributed by atoms with Crippen LogP contribution in [0.2, 0.25) is 0 Å². The van der Waals surface area contributed by atoms with Crippen LogP contribution in [0.25, 0.3) is 11.5 Å². The summed E-state index contributed by atoms with van der Waals surface area (Å²) in [5.74, 6) is -0.613. The Morgan fingerprint density at radius 3 is 2.79 bits per heavy atom. The van der Waals surface area contributed by atoms with E-state index in [-0.39, 0.29) is 17.9 Å². The summed E-state index contributed by atoms with van der Waals surface area (Å²) in [6, 6.07) is 3.37. The molecule has 1 aliphatic rings. The van der Waals surface area contributed by atoms with Gasteiger partial charge in [-0.1, -0.05) is 5.21 Å². The van der Waals surface area contributed by atoms with Crippen molar-refractivity contribution in [1.82, 2.24) is 35.1 Å². The highest BCUT2D eigenvalue weighted by Gasteiger charge is 2.34. The lowest BCUT2D eigenvalue weighted by atomic mass is 9.98. The van der Waals surface area contributed by atoms with Crippen molar-refractivity contribution < 1.29 is 22.7 Å². The van der Waals surface area contributed by atoms with E-state index in [4.69, 9.17) is 4.42 Å². The molecule has 0 saturated carbocycles. The van der Waals surface area contributed by atoms with Gasteiger partial charge in [-0.05, 0) is 12.1 Å². The van der Waals surface area contributed by atoms with Crippen LogP contribution < -0.4 is 0 Å². The number of rotatable bonds is 5. The van der Waals surface area contributed by atoms with Gasteiger partial charge in [-0.15, -0.1) is 15.3 Å². The number of ether oxygens (including phenoxy) is 1. The van der Waals surface area contributed by atoms with Crippen molar-refractivity contribution in [3.8, 4) is 11.5 Å². The van der Waals surface area contributed by atoms with Crippen LogP contribution in [0, 0.1) is 0 Å². The maximum absolute atomic E-state index is 12.5. The Morgan fingerprint density at radius 1 is 1.32 bits per heavy atom. The number of alkyl halides is 2. The molecular weight excluding hydrogens is 376 g/mol. The Bertz CT molecular complexity index is 967. The molecule has 0 atom stereocenters. The maximum Gasteiger partial charge on any atom is 0.409 e. The van der Waals surface area contributed by atoms with Gasteiger partial charge in [-0.3, -0.25) is 4.98 Å². The first-order valence-electron chi connectivity index (χ1n) is 8.33. The normalized spacial score (nSPS) is 14.4. The number of hydrogen-bond acceptors (Lipinski definition) is 8.